The third kappa shape index (κ3) is 4.06. The monoisotopic (exact) mass is 307 g/mol. The fourth-order valence-electron chi connectivity index (χ4n) is 2.62. The second-order valence-electron chi connectivity index (χ2n) is 5.63. The molecule has 1 N–H and O–H groups in total. The van der Waals surface area contributed by atoms with E-state index in [2.05, 4.69) is 59.6 Å². The van der Waals surface area contributed by atoms with Gasteiger partial charge in [0.2, 0.25) is 0 Å². The van der Waals surface area contributed by atoms with Crippen LogP contribution in [0.25, 0.3) is 11.3 Å². The Morgan fingerprint density at radius 2 is 2.10 bits per heavy atom. The van der Waals surface area contributed by atoms with Crippen molar-refractivity contribution < 1.29 is 4.52 Å². The maximum atomic E-state index is 5.48. The molecule has 0 amide bonds. The van der Waals surface area contributed by atoms with Gasteiger partial charge in [-0.1, -0.05) is 35.0 Å². The van der Waals surface area contributed by atoms with E-state index >= 15 is 0 Å². The first-order chi connectivity index (χ1) is 9.70. The molecule has 4 nitrogen and oxygen atoms in total. The van der Waals surface area contributed by atoms with E-state index in [0.29, 0.717) is 6.04 Å². The number of halogens is 1. The smallest absolute Gasteiger partial charge is 0.151 e. The summed E-state index contributed by atoms with van der Waals surface area (Å²) in [6.07, 6.45) is 0. The fraction of sp³-hybridized carbons (Fsp3) is 0.438. The lowest BCUT2D eigenvalue weighted by Crippen LogP contribution is -2.48. The van der Waals surface area contributed by atoms with Gasteiger partial charge in [0.1, 0.15) is 5.69 Å². The molecule has 2 heterocycles. The minimum absolute atomic E-state index is 0. The average molecular weight is 308 g/mol. The summed E-state index contributed by atoms with van der Waals surface area (Å²) in [4.78, 5) is 2.40. The molecule has 5 heteroatoms. The Bertz CT molecular complexity index is 567. The normalized spacial score (nSPS) is 19.2. The van der Waals surface area contributed by atoms with Gasteiger partial charge >= 0.3 is 0 Å². The lowest BCUT2D eigenvalue weighted by Gasteiger charge is -2.30. The number of piperazine rings is 1. The second kappa shape index (κ2) is 7.07. The molecule has 2 aromatic rings. The third-order valence-corrected chi connectivity index (χ3v) is 3.74. The Hall–Kier alpha value is -1.36. The predicted octanol–water partition coefficient (Wildman–Crippen LogP) is 2.87. The number of hydrogen-bond donors (Lipinski definition) is 1. The Morgan fingerprint density at radius 1 is 1.33 bits per heavy atom. The molecule has 1 saturated heterocycles. The standard InChI is InChI=1S/C16H21N3O.ClH/c1-12-3-5-14(6-4-12)16-9-15(20-18-16)11-19-8-7-17-13(2)10-19;/h3-6,9,13,17H,7-8,10-11H2,1-2H3;1H. The van der Waals surface area contributed by atoms with Crippen LogP contribution < -0.4 is 5.32 Å². The summed E-state index contributed by atoms with van der Waals surface area (Å²) < 4.78 is 5.48. The molecule has 1 unspecified atom stereocenters. The summed E-state index contributed by atoms with van der Waals surface area (Å²) in [5, 5.41) is 7.63. The Balaban J connectivity index is 0.00000161. The minimum Gasteiger partial charge on any atom is -0.359 e. The quantitative estimate of drug-likeness (QED) is 0.947. The molecule has 1 aliphatic heterocycles. The van der Waals surface area contributed by atoms with Gasteiger partial charge < -0.3 is 9.84 Å². The second-order valence-corrected chi connectivity index (χ2v) is 5.63. The van der Waals surface area contributed by atoms with E-state index in [0.717, 1.165) is 43.2 Å². The highest BCUT2D eigenvalue weighted by atomic mass is 35.5. The molecule has 0 radical (unpaired) electrons. The number of benzene rings is 1. The van der Waals surface area contributed by atoms with E-state index in [1.54, 1.807) is 0 Å². The first-order valence-electron chi connectivity index (χ1n) is 7.19. The average Bonchev–Trinajstić information content (AvgIpc) is 2.88. The Labute approximate surface area is 131 Å². The van der Waals surface area contributed by atoms with Gasteiger partial charge in [-0.05, 0) is 13.8 Å². The van der Waals surface area contributed by atoms with E-state index < -0.39 is 0 Å². The molecule has 114 valence electrons. The Morgan fingerprint density at radius 3 is 2.81 bits per heavy atom. The summed E-state index contributed by atoms with van der Waals surface area (Å²) in [6, 6.07) is 11.0. The van der Waals surface area contributed by atoms with Crippen molar-refractivity contribution in [3.05, 3.63) is 41.7 Å². The van der Waals surface area contributed by atoms with Crippen LogP contribution in [0, 0.1) is 6.92 Å². The maximum absolute atomic E-state index is 5.48. The van der Waals surface area contributed by atoms with Crippen LogP contribution in [0.1, 0.15) is 18.2 Å². The zero-order chi connectivity index (χ0) is 13.9. The molecule has 1 aromatic heterocycles. The zero-order valence-corrected chi connectivity index (χ0v) is 13.3. The molecule has 0 spiro atoms. The van der Waals surface area contributed by atoms with Crippen LogP contribution in [-0.4, -0.2) is 35.7 Å². The van der Waals surface area contributed by atoms with Gasteiger partial charge in [0.05, 0.1) is 6.54 Å². The van der Waals surface area contributed by atoms with E-state index in [1.165, 1.54) is 5.56 Å². The van der Waals surface area contributed by atoms with Crippen molar-refractivity contribution in [2.45, 2.75) is 26.4 Å². The molecule has 3 rings (SSSR count). The van der Waals surface area contributed by atoms with Gasteiger partial charge in [0.15, 0.2) is 5.76 Å². The fourth-order valence-corrected chi connectivity index (χ4v) is 2.62. The lowest BCUT2D eigenvalue weighted by atomic mass is 10.1. The van der Waals surface area contributed by atoms with Gasteiger partial charge in [-0.15, -0.1) is 12.4 Å². The summed E-state index contributed by atoms with van der Waals surface area (Å²) in [5.74, 6) is 0.940. The number of nitrogens with zero attached hydrogens (tertiary/aromatic N) is 2. The molecule has 1 aromatic carbocycles. The number of aromatic nitrogens is 1. The van der Waals surface area contributed by atoms with Gasteiger partial charge in [0, 0.05) is 37.3 Å². The number of nitrogens with one attached hydrogen (secondary N) is 1. The number of hydrogen-bond acceptors (Lipinski definition) is 4. The van der Waals surface area contributed by atoms with Crippen LogP contribution in [0.3, 0.4) is 0 Å². The van der Waals surface area contributed by atoms with Crippen molar-refractivity contribution in [1.29, 1.82) is 0 Å². The first-order valence-corrected chi connectivity index (χ1v) is 7.19. The van der Waals surface area contributed by atoms with E-state index in [4.69, 9.17) is 4.52 Å². The third-order valence-electron chi connectivity index (χ3n) is 3.74. The van der Waals surface area contributed by atoms with Crippen molar-refractivity contribution >= 4 is 12.4 Å². The molecule has 1 atom stereocenters. The van der Waals surface area contributed by atoms with Crippen LogP contribution in [0.4, 0.5) is 0 Å². The van der Waals surface area contributed by atoms with Crippen LogP contribution in [0.2, 0.25) is 0 Å². The van der Waals surface area contributed by atoms with Gasteiger partial charge in [-0.2, -0.15) is 0 Å². The highest BCUT2D eigenvalue weighted by molar-refractivity contribution is 5.85. The molecule has 1 fully saturated rings. The molecule has 1 aliphatic rings. The van der Waals surface area contributed by atoms with E-state index in [1.807, 2.05) is 0 Å². The highest BCUT2D eigenvalue weighted by Gasteiger charge is 2.17. The largest absolute Gasteiger partial charge is 0.359 e. The van der Waals surface area contributed by atoms with Crippen molar-refractivity contribution in [3.8, 4) is 11.3 Å². The predicted molar refractivity (Wildman–Crippen MR) is 86.7 cm³/mol. The molecule has 0 saturated carbocycles. The lowest BCUT2D eigenvalue weighted by molar-refractivity contribution is 0.180. The van der Waals surface area contributed by atoms with Crippen molar-refractivity contribution in [2.75, 3.05) is 19.6 Å². The Kier molecular flexibility index (Phi) is 5.39. The minimum atomic E-state index is 0. The highest BCUT2D eigenvalue weighted by Crippen LogP contribution is 2.20. The van der Waals surface area contributed by atoms with Gasteiger partial charge in [-0.25, -0.2) is 0 Å². The van der Waals surface area contributed by atoms with Gasteiger partial charge in [-0.3, -0.25) is 4.90 Å². The molecular formula is C16H22ClN3O. The van der Waals surface area contributed by atoms with E-state index in [-0.39, 0.29) is 12.4 Å². The van der Waals surface area contributed by atoms with Crippen LogP contribution in [0.5, 0.6) is 0 Å². The summed E-state index contributed by atoms with van der Waals surface area (Å²) in [7, 11) is 0. The van der Waals surface area contributed by atoms with Gasteiger partial charge in [0.25, 0.3) is 0 Å². The SMILES string of the molecule is Cc1ccc(-c2cc(CN3CCNC(C)C3)on2)cc1.Cl. The van der Waals surface area contributed by atoms with E-state index in [9.17, 15) is 0 Å². The number of rotatable bonds is 3. The van der Waals surface area contributed by atoms with Crippen LogP contribution in [-0.2, 0) is 6.54 Å². The van der Waals surface area contributed by atoms with Crippen LogP contribution >= 0.6 is 12.4 Å². The van der Waals surface area contributed by atoms with Crippen molar-refractivity contribution in [2.24, 2.45) is 0 Å². The van der Waals surface area contributed by atoms with Crippen molar-refractivity contribution in [3.63, 3.8) is 0 Å². The van der Waals surface area contributed by atoms with Crippen LogP contribution in [0.15, 0.2) is 34.9 Å². The molecular weight excluding hydrogens is 286 g/mol. The molecule has 0 bridgehead atoms. The molecule has 21 heavy (non-hydrogen) atoms. The summed E-state index contributed by atoms with van der Waals surface area (Å²) in [5.41, 5.74) is 3.29. The zero-order valence-electron chi connectivity index (χ0n) is 12.5. The first kappa shape index (κ1) is 16.0. The maximum Gasteiger partial charge on any atom is 0.151 e. The summed E-state index contributed by atoms with van der Waals surface area (Å²) >= 11 is 0. The summed E-state index contributed by atoms with van der Waals surface area (Å²) in [6.45, 7) is 8.30. The van der Waals surface area contributed by atoms with Crippen molar-refractivity contribution in [1.82, 2.24) is 15.4 Å². The topological polar surface area (TPSA) is 41.3 Å². The number of aryl methyl sites for hydroxylation is 1. The molecule has 0 aliphatic carbocycles.